The lowest BCUT2D eigenvalue weighted by Gasteiger charge is -2.19. The standard InChI is InChI=1S/C47H88NO8P/c1-3-5-7-9-11-13-15-17-19-20-21-22-23-24-26-27-29-31-33-35-37-39-46(49)53-43-45(44-55-57(51,52)54-42-41-48)56-47(50)40-38-36-34-32-30-28-25-18-16-14-12-10-8-6-4-2/h12,14,17-19,25,45H,3-11,13,15-16,20-24,26-44,48H2,1-2H3,(H,51,52)/b14-12+,19-17+,25-18+/t45-/m0/s1. The molecule has 57 heavy (non-hydrogen) atoms. The molecular formula is C47H88NO8P. The van der Waals surface area contributed by atoms with Crippen molar-refractivity contribution in [2.75, 3.05) is 26.4 Å². The predicted molar refractivity (Wildman–Crippen MR) is 238 cm³/mol. The van der Waals surface area contributed by atoms with Gasteiger partial charge in [0.25, 0.3) is 0 Å². The number of carbonyl (C=O) groups excluding carboxylic acids is 2. The fourth-order valence-corrected chi connectivity index (χ4v) is 7.25. The van der Waals surface area contributed by atoms with Crippen LogP contribution in [-0.4, -0.2) is 49.3 Å². The first-order valence-corrected chi connectivity index (χ1v) is 25.0. The van der Waals surface area contributed by atoms with Gasteiger partial charge in [-0.2, -0.15) is 0 Å². The first-order valence-electron chi connectivity index (χ1n) is 23.5. The summed E-state index contributed by atoms with van der Waals surface area (Å²) in [6.07, 6.45) is 48.9. The molecule has 2 atom stereocenters. The molecule has 0 amide bonds. The van der Waals surface area contributed by atoms with Crippen LogP contribution < -0.4 is 5.73 Å². The van der Waals surface area contributed by atoms with Crippen LogP contribution in [0.25, 0.3) is 0 Å². The summed E-state index contributed by atoms with van der Waals surface area (Å²) in [5, 5.41) is 0. The maximum Gasteiger partial charge on any atom is 0.472 e. The second-order valence-corrected chi connectivity index (χ2v) is 17.1. The Morgan fingerprint density at radius 2 is 0.912 bits per heavy atom. The maximum absolute atomic E-state index is 12.6. The van der Waals surface area contributed by atoms with E-state index in [0.29, 0.717) is 6.42 Å². The molecule has 0 heterocycles. The molecule has 0 fully saturated rings. The van der Waals surface area contributed by atoms with Gasteiger partial charge < -0.3 is 20.1 Å². The van der Waals surface area contributed by atoms with Crippen LogP contribution in [0, 0.1) is 0 Å². The van der Waals surface area contributed by atoms with Gasteiger partial charge in [0.05, 0.1) is 13.2 Å². The van der Waals surface area contributed by atoms with Crippen molar-refractivity contribution in [1.29, 1.82) is 0 Å². The minimum atomic E-state index is -4.38. The monoisotopic (exact) mass is 826 g/mol. The fraction of sp³-hybridized carbons (Fsp3) is 0.830. The first-order chi connectivity index (χ1) is 27.8. The quantitative estimate of drug-likeness (QED) is 0.0266. The molecule has 0 aromatic carbocycles. The summed E-state index contributed by atoms with van der Waals surface area (Å²) in [6, 6.07) is 0. The van der Waals surface area contributed by atoms with Crippen molar-refractivity contribution >= 4 is 19.8 Å². The van der Waals surface area contributed by atoms with E-state index >= 15 is 0 Å². The second-order valence-electron chi connectivity index (χ2n) is 15.6. The number of esters is 2. The lowest BCUT2D eigenvalue weighted by atomic mass is 10.0. The number of hydrogen-bond acceptors (Lipinski definition) is 8. The largest absolute Gasteiger partial charge is 0.472 e. The molecule has 0 aliphatic heterocycles. The van der Waals surface area contributed by atoms with Crippen LogP contribution in [0.5, 0.6) is 0 Å². The topological polar surface area (TPSA) is 134 Å². The van der Waals surface area contributed by atoms with Crippen LogP contribution in [0.2, 0.25) is 0 Å². The van der Waals surface area contributed by atoms with Gasteiger partial charge in [-0.05, 0) is 70.6 Å². The zero-order valence-electron chi connectivity index (χ0n) is 36.8. The van der Waals surface area contributed by atoms with Crippen LogP contribution in [0.1, 0.15) is 219 Å². The van der Waals surface area contributed by atoms with Gasteiger partial charge in [-0.3, -0.25) is 18.6 Å². The van der Waals surface area contributed by atoms with E-state index in [0.717, 1.165) is 57.8 Å². The third-order valence-electron chi connectivity index (χ3n) is 10.00. The van der Waals surface area contributed by atoms with E-state index in [9.17, 15) is 19.0 Å². The first kappa shape index (κ1) is 55.2. The van der Waals surface area contributed by atoms with Gasteiger partial charge >= 0.3 is 19.8 Å². The minimum Gasteiger partial charge on any atom is -0.462 e. The lowest BCUT2D eigenvalue weighted by Crippen LogP contribution is -2.29. The van der Waals surface area contributed by atoms with Crippen molar-refractivity contribution in [3.05, 3.63) is 36.5 Å². The molecule has 10 heteroatoms. The Morgan fingerprint density at radius 1 is 0.526 bits per heavy atom. The minimum absolute atomic E-state index is 0.0509. The molecule has 0 aromatic heterocycles. The van der Waals surface area contributed by atoms with E-state index in [1.165, 1.54) is 128 Å². The van der Waals surface area contributed by atoms with Crippen LogP contribution in [0.3, 0.4) is 0 Å². The number of hydrogen-bond donors (Lipinski definition) is 2. The summed E-state index contributed by atoms with van der Waals surface area (Å²) in [5.74, 6) is -0.840. The molecule has 0 radical (unpaired) electrons. The number of nitrogens with two attached hydrogens (primary N) is 1. The van der Waals surface area contributed by atoms with Crippen LogP contribution in [-0.2, 0) is 32.7 Å². The fourth-order valence-electron chi connectivity index (χ4n) is 6.48. The number of ether oxygens (including phenoxy) is 2. The average molecular weight is 826 g/mol. The molecule has 1 unspecified atom stereocenters. The molecule has 0 bridgehead atoms. The molecule has 3 N–H and O–H groups in total. The van der Waals surface area contributed by atoms with Crippen molar-refractivity contribution in [1.82, 2.24) is 0 Å². The van der Waals surface area contributed by atoms with Crippen molar-refractivity contribution in [2.45, 2.75) is 225 Å². The summed E-state index contributed by atoms with van der Waals surface area (Å²) in [5.41, 5.74) is 5.35. The lowest BCUT2D eigenvalue weighted by molar-refractivity contribution is -0.161. The molecule has 0 aromatic rings. The Balaban J connectivity index is 4.08. The van der Waals surface area contributed by atoms with Gasteiger partial charge in [-0.1, -0.05) is 172 Å². The van der Waals surface area contributed by atoms with Crippen molar-refractivity contribution in [3.63, 3.8) is 0 Å². The van der Waals surface area contributed by atoms with Crippen LogP contribution in [0.15, 0.2) is 36.5 Å². The van der Waals surface area contributed by atoms with Gasteiger partial charge in [0.1, 0.15) is 6.61 Å². The predicted octanol–water partition coefficient (Wildman–Crippen LogP) is 13.7. The van der Waals surface area contributed by atoms with Crippen LogP contribution >= 0.6 is 7.82 Å². The normalized spacial score (nSPS) is 13.5. The summed E-state index contributed by atoms with van der Waals surface area (Å²) < 4.78 is 32.8. The zero-order valence-corrected chi connectivity index (χ0v) is 37.7. The third-order valence-corrected chi connectivity index (χ3v) is 11.0. The van der Waals surface area contributed by atoms with Gasteiger partial charge in [0.2, 0.25) is 0 Å². The van der Waals surface area contributed by atoms with E-state index in [1.54, 1.807) is 0 Å². The molecule has 0 saturated carbocycles. The zero-order chi connectivity index (χ0) is 41.8. The Morgan fingerprint density at radius 3 is 1.39 bits per heavy atom. The van der Waals surface area contributed by atoms with Gasteiger partial charge in [-0.25, -0.2) is 4.57 Å². The van der Waals surface area contributed by atoms with E-state index in [-0.39, 0.29) is 38.6 Å². The van der Waals surface area contributed by atoms with E-state index in [1.807, 2.05) is 0 Å². The van der Waals surface area contributed by atoms with Gasteiger partial charge in [-0.15, -0.1) is 0 Å². The number of rotatable bonds is 44. The Kier molecular flexibility index (Phi) is 42.4. The highest BCUT2D eigenvalue weighted by molar-refractivity contribution is 7.47. The van der Waals surface area contributed by atoms with Gasteiger partial charge in [0.15, 0.2) is 6.10 Å². The Bertz CT molecular complexity index is 1030. The van der Waals surface area contributed by atoms with Crippen molar-refractivity contribution < 1.29 is 37.6 Å². The average Bonchev–Trinajstić information content (AvgIpc) is 3.20. The molecule has 334 valence electrons. The van der Waals surface area contributed by atoms with Crippen molar-refractivity contribution in [3.8, 4) is 0 Å². The Labute approximate surface area is 350 Å². The third kappa shape index (κ3) is 43.6. The van der Waals surface area contributed by atoms with E-state index < -0.39 is 26.5 Å². The molecular weight excluding hydrogens is 737 g/mol. The van der Waals surface area contributed by atoms with Crippen molar-refractivity contribution in [2.24, 2.45) is 5.73 Å². The SMILES string of the molecule is CCCCC/C=C/C/C=C/CCCCCCCC(=O)O[C@@H](COC(=O)CCCCCCCCCCCCC/C=C/CCCCCCCC)COP(=O)(O)OCCN. The molecule has 0 saturated heterocycles. The Hall–Kier alpha value is -1.77. The van der Waals surface area contributed by atoms with Crippen LogP contribution in [0.4, 0.5) is 0 Å². The number of phosphoric ester groups is 1. The summed E-state index contributed by atoms with van der Waals surface area (Å²) >= 11 is 0. The molecule has 9 nitrogen and oxygen atoms in total. The maximum atomic E-state index is 12.6. The molecule has 0 rings (SSSR count). The summed E-state index contributed by atoms with van der Waals surface area (Å²) in [7, 11) is -4.38. The number of carbonyl (C=O) groups is 2. The number of phosphoric acid groups is 1. The number of allylic oxidation sites excluding steroid dienone is 6. The smallest absolute Gasteiger partial charge is 0.462 e. The molecule has 0 spiro atoms. The molecule has 0 aliphatic carbocycles. The summed E-state index contributed by atoms with van der Waals surface area (Å²) in [6.45, 7) is 3.70. The second kappa shape index (κ2) is 43.8. The molecule has 0 aliphatic rings. The van der Waals surface area contributed by atoms with Gasteiger partial charge in [0, 0.05) is 19.4 Å². The highest BCUT2D eigenvalue weighted by Gasteiger charge is 2.26. The highest BCUT2D eigenvalue weighted by atomic mass is 31.2. The highest BCUT2D eigenvalue weighted by Crippen LogP contribution is 2.43. The van der Waals surface area contributed by atoms with E-state index in [4.69, 9.17) is 24.3 Å². The summed E-state index contributed by atoms with van der Waals surface area (Å²) in [4.78, 5) is 34.9. The number of unbranched alkanes of at least 4 members (excludes halogenated alkanes) is 25. The van der Waals surface area contributed by atoms with E-state index in [2.05, 4.69) is 50.3 Å².